The summed E-state index contributed by atoms with van der Waals surface area (Å²) in [6, 6.07) is 1.82. The Morgan fingerprint density at radius 1 is 1.33 bits per heavy atom. The first-order valence-corrected chi connectivity index (χ1v) is 9.95. The first-order chi connectivity index (χ1) is 13.1. The molecule has 27 heavy (non-hydrogen) atoms. The number of rotatable bonds is 8. The van der Waals surface area contributed by atoms with E-state index in [0.29, 0.717) is 11.6 Å². The van der Waals surface area contributed by atoms with Crippen LogP contribution in [0.3, 0.4) is 0 Å². The highest BCUT2D eigenvalue weighted by Gasteiger charge is 2.26. The van der Waals surface area contributed by atoms with Gasteiger partial charge in [0, 0.05) is 64.4 Å². The molecule has 0 bridgehead atoms. The number of likely N-dealkylation sites (tertiary alicyclic amines) is 1. The summed E-state index contributed by atoms with van der Waals surface area (Å²) >= 11 is 0. The molecule has 7 nitrogen and oxygen atoms in total. The van der Waals surface area contributed by atoms with E-state index in [-0.39, 0.29) is 5.91 Å². The molecule has 0 spiro atoms. The maximum Gasteiger partial charge on any atom is 0.274 e. The number of hydrogen-bond donors (Lipinski definition) is 0. The number of ether oxygens (including phenoxy) is 1. The van der Waals surface area contributed by atoms with Crippen LogP contribution in [-0.2, 0) is 24.2 Å². The second kappa shape index (κ2) is 9.17. The molecule has 1 saturated heterocycles. The molecule has 1 aliphatic rings. The normalized spacial score (nSPS) is 15.4. The molecule has 0 aromatic carbocycles. The number of nitrogens with zero attached hydrogens (tertiary/aromatic N) is 5. The van der Waals surface area contributed by atoms with E-state index in [4.69, 9.17) is 4.74 Å². The molecule has 0 atom stereocenters. The standard InChI is InChI=1S/C20H31N5O2/c1-4-24-12-8-18(22-24)20(26)23-10-6-17(7-11-23)14-19-21-15-16(2)25(19)9-5-13-27-3/h8,12,15,17H,4-7,9-11,13-14H2,1-3H3. The van der Waals surface area contributed by atoms with Crippen LogP contribution >= 0.6 is 0 Å². The molecule has 0 N–H and O–H groups in total. The maximum atomic E-state index is 12.6. The van der Waals surface area contributed by atoms with Gasteiger partial charge in [0.2, 0.25) is 0 Å². The second-order valence-electron chi connectivity index (χ2n) is 7.31. The number of carbonyl (C=O) groups is 1. The number of imidazole rings is 1. The summed E-state index contributed by atoms with van der Waals surface area (Å²) in [6.45, 7) is 8.23. The molecule has 1 fully saturated rings. The van der Waals surface area contributed by atoms with E-state index < -0.39 is 0 Å². The molecule has 3 heterocycles. The summed E-state index contributed by atoms with van der Waals surface area (Å²) < 4.78 is 9.28. The minimum Gasteiger partial charge on any atom is -0.385 e. The number of amides is 1. The zero-order chi connectivity index (χ0) is 19.2. The Balaban J connectivity index is 1.53. The van der Waals surface area contributed by atoms with Gasteiger partial charge in [-0.25, -0.2) is 4.98 Å². The van der Waals surface area contributed by atoms with Gasteiger partial charge >= 0.3 is 0 Å². The Morgan fingerprint density at radius 3 is 2.78 bits per heavy atom. The minimum atomic E-state index is 0.0533. The summed E-state index contributed by atoms with van der Waals surface area (Å²) in [5, 5.41) is 4.34. The van der Waals surface area contributed by atoms with Crippen LogP contribution in [0.5, 0.6) is 0 Å². The van der Waals surface area contributed by atoms with Crippen molar-refractivity contribution in [2.75, 3.05) is 26.8 Å². The summed E-state index contributed by atoms with van der Waals surface area (Å²) in [5.41, 5.74) is 1.76. The van der Waals surface area contributed by atoms with Gasteiger partial charge in [-0.1, -0.05) is 0 Å². The Hall–Kier alpha value is -2.15. The lowest BCUT2D eigenvalue weighted by Crippen LogP contribution is -2.39. The monoisotopic (exact) mass is 373 g/mol. The number of piperidine rings is 1. The molecule has 0 aliphatic carbocycles. The van der Waals surface area contributed by atoms with E-state index in [1.54, 1.807) is 11.8 Å². The van der Waals surface area contributed by atoms with Gasteiger partial charge in [-0.2, -0.15) is 5.10 Å². The number of aryl methyl sites for hydroxylation is 2. The predicted octanol–water partition coefficient (Wildman–Crippen LogP) is 2.54. The fraction of sp³-hybridized carbons (Fsp3) is 0.650. The van der Waals surface area contributed by atoms with Gasteiger partial charge < -0.3 is 14.2 Å². The van der Waals surface area contributed by atoms with Crippen LogP contribution in [0.1, 0.15) is 48.2 Å². The lowest BCUT2D eigenvalue weighted by molar-refractivity contribution is 0.0682. The van der Waals surface area contributed by atoms with Crippen molar-refractivity contribution in [3.05, 3.63) is 35.7 Å². The van der Waals surface area contributed by atoms with Crippen molar-refractivity contribution in [2.24, 2.45) is 5.92 Å². The third-order valence-electron chi connectivity index (χ3n) is 5.42. The van der Waals surface area contributed by atoms with Crippen molar-refractivity contribution in [3.8, 4) is 0 Å². The Bertz CT molecular complexity index is 743. The lowest BCUT2D eigenvalue weighted by atomic mass is 9.93. The lowest BCUT2D eigenvalue weighted by Gasteiger charge is -2.31. The first-order valence-electron chi connectivity index (χ1n) is 9.95. The highest BCUT2D eigenvalue weighted by molar-refractivity contribution is 5.92. The van der Waals surface area contributed by atoms with Crippen molar-refractivity contribution in [3.63, 3.8) is 0 Å². The van der Waals surface area contributed by atoms with Crippen LogP contribution < -0.4 is 0 Å². The fourth-order valence-corrected chi connectivity index (χ4v) is 3.76. The Labute approximate surface area is 161 Å². The molecule has 2 aromatic heterocycles. The summed E-state index contributed by atoms with van der Waals surface area (Å²) in [4.78, 5) is 19.2. The quantitative estimate of drug-likeness (QED) is 0.667. The van der Waals surface area contributed by atoms with Gasteiger partial charge in [0.1, 0.15) is 11.5 Å². The van der Waals surface area contributed by atoms with Gasteiger partial charge in [0.25, 0.3) is 5.91 Å². The third kappa shape index (κ3) is 4.77. The number of carbonyl (C=O) groups excluding carboxylic acids is 1. The van der Waals surface area contributed by atoms with Gasteiger partial charge in [0.15, 0.2) is 0 Å². The van der Waals surface area contributed by atoms with E-state index in [0.717, 1.165) is 64.3 Å². The van der Waals surface area contributed by atoms with Crippen molar-refractivity contribution in [1.82, 2.24) is 24.2 Å². The molecular weight excluding hydrogens is 342 g/mol. The maximum absolute atomic E-state index is 12.6. The van der Waals surface area contributed by atoms with Gasteiger partial charge in [-0.05, 0) is 45.1 Å². The van der Waals surface area contributed by atoms with Gasteiger partial charge in [-0.15, -0.1) is 0 Å². The van der Waals surface area contributed by atoms with Crippen LogP contribution in [0.15, 0.2) is 18.5 Å². The first kappa shape index (κ1) is 19.6. The molecular formula is C20H31N5O2. The van der Waals surface area contributed by atoms with Crippen LogP contribution in [0.2, 0.25) is 0 Å². The number of methoxy groups -OCH3 is 1. The molecule has 148 valence electrons. The predicted molar refractivity (Wildman–Crippen MR) is 104 cm³/mol. The Morgan fingerprint density at radius 2 is 2.11 bits per heavy atom. The van der Waals surface area contributed by atoms with Crippen LogP contribution in [-0.4, -0.2) is 56.9 Å². The smallest absolute Gasteiger partial charge is 0.274 e. The SMILES string of the molecule is CCn1ccc(C(=O)N2CCC(Cc3ncc(C)n3CCCOC)CC2)n1. The van der Waals surface area contributed by atoms with Crippen molar-refractivity contribution in [1.29, 1.82) is 0 Å². The van der Waals surface area contributed by atoms with E-state index in [2.05, 4.69) is 21.6 Å². The van der Waals surface area contributed by atoms with Crippen LogP contribution in [0, 0.1) is 12.8 Å². The largest absolute Gasteiger partial charge is 0.385 e. The van der Waals surface area contributed by atoms with Crippen LogP contribution in [0.25, 0.3) is 0 Å². The third-order valence-corrected chi connectivity index (χ3v) is 5.42. The van der Waals surface area contributed by atoms with E-state index in [9.17, 15) is 4.79 Å². The molecule has 2 aromatic rings. The van der Waals surface area contributed by atoms with E-state index in [1.807, 2.05) is 30.3 Å². The molecule has 0 unspecified atom stereocenters. The molecule has 0 radical (unpaired) electrons. The zero-order valence-electron chi connectivity index (χ0n) is 16.7. The summed E-state index contributed by atoms with van der Waals surface area (Å²) in [6.07, 6.45) is 7.84. The van der Waals surface area contributed by atoms with E-state index >= 15 is 0 Å². The highest BCUT2D eigenvalue weighted by atomic mass is 16.5. The Kier molecular flexibility index (Phi) is 6.66. The summed E-state index contributed by atoms with van der Waals surface area (Å²) in [7, 11) is 1.74. The molecule has 1 aliphatic heterocycles. The average Bonchev–Trinajstić information content (AvgIpc) is 3.30. The van der Waals surface area contributed by atoms with Crippen LogP contribution in [0.4, 0.5) is 0 Å². The topological polar surface area (TPSA) is 65.2 Å². The molecule has 7 heteroatoms. The number of hydrogen-bond acceptors (Lipinski definition) is 4. The van der Waals surface area contributed by atoms with E-state index in [1.165, 1.54) is 5.69 Å². The number of aromatic nitrogens is 4. The molecule has 3 rings (SSSR count). The van der Waals surface area contributed by atoms with Crippen molar-refractivity contribution >= 4 is 5.91 Å². The van der Waals surface area contributed by atoms with Crippen molar-refractivity contribution in [2.45, 2.75) is 52.6 Å². The fourth-order valence-electron chi connectivity index (χ4n) is 3.76. The second-order valence-corrected chi connectivity index (χ2v) is 7.31. The zero-order valence-corrected chi connectivity index (χ0v) is 16.7. The summed E-state index contributed by atoms with van der Waals surface area (Å²) in [5.74, 6) is 1.79. The van der Waals surface area contributed by atoms with Crippen molar-refractivity contribution < 1.29 is 9.53 Å². The molecule has 1 amide bonds. The average molecular weight is 374 g/mol. The highest BCUT2D eigenvalue weighted by Crippen LogP contribution is 2.23. The van der Waals surface area contributed by atoms with Gasteiger partial charge in [0.05, 0.1) is 0 Å². The molecule has 0 saturated carbocycles. The van der Waals surface area contributed by atoms with Gasteiger partial charge in [-0.3, -0.25) is 9.48 Å². The minimum absolute atomic E-state index is 0.0533.